The maximum absolute atomic E-state index is 12.2. The Hall–Kier alpha value is -2.87. The number of benzene rings is 2. The summed E-state index contributed by atoms with van der Waals surface area (Å²) in [7, 11) is -3.74. The zero-order valence-electron chi connectivity index (χ0n) is 14.1. The van der Waals surface area contributed by atoms with Crippen molar-refractivity contribution in [1.29, 1.82) is 0 Å². The Labute approximate surface area is 151 Å². The van der Waals surface area contributed by atoms with Crippen molar-refractivity contribution in [3.05, 3.63) is 59.7 Å². The van der Waals surface area contributed by atoms with Gasteiger partial charge in [-0.15, -0.1) is 0 Å². The number of carboxylic acids is 1. The third kappa shape index (κ3) is 5.89. The Kier molecular flexibility index (Phi) is 6.35. The van der Waals surface area contributed by atoms with E-state index in [9.17, 15) is 18.0 Å². The van der Waals surface area contributed by atoms with E-state index in [0.717, 1.165) is 0 Å². The first-order valence-corrected chi connectivity index (χ1v) is 9.66. The van der Waals surface area contributed by atoms with Gasteiger partial charge in [0.2, 0.25) is 5.91 Å². The van der Waals surface area contributed by atoms with E-state index >= 15 is 0 Å². The molecule has 0 aliphatic carbocycles. The Bertz CT molecular complexity index is 890. The van der Waals surface area contributed by atoms with Crippen molar-refractivity contribution in [1.82, 2.24) is 0 Å². The lowest BCUT2D eigenvalue weighted by molar-refractivity contribution is -0.113. The van der Waals surface area contributed by atoms with Gasteiger partial charge in [-0.1, -0.05) is 12.1 Å². The van der Waals surface area contributed by atoms with Gasteiger partial charge in [-0.25, -0.2) is 13.2 Å². The second-order valence-corrected chi connectivity index (χ2v) is 7.61. The number of sulfone groups is 1. The highest BCUT2D eigenvalue weighted by Crippen LogP contribution is 2.16. The molecule has 1 amide bonds. The molecule has 0 unspecified atom stereocenters. The van der Waals surface area contributed by atoms with Crippen LogP contribution in [0.2, 0.25) is 0 Å². The van der Waals surface area contributed by atoms with E-state index in [-0.39, 0.29) is 5.56 Å². The Morgan fingerprint density at radius 3 is 2.42 bits per heavy atom. The highest BCUT2D eigenvalue weighted by Gasteiger charge is 2.18. The summed E-state index contributed by atoms with van der Waals surface area (Å²) < 4.78 is 29.7. The number of carboxylic acid groups (broad SMARTS) is 1. The average molecular weight is 377 g/mol. The van der Waals surface area contributed by atoms with Crippen LogP contribution in [0.4, 0.5) is 5.69 Å². The maximum atomic E-state index is 12.2. The van der Waals surface area contributed by atoms with Gasteiger partial charge >= 0.3 is 5.97 Å². The van der Waals surface area contributed by atoms with Gasteiger partial charge in [0.1, 0.15) is 11.5 Å². The van der Waals surface area contributed by atoms with E-state index in [0.29, 0.717) is 23.6 Å². The van der Waals surface area contributed by atoms with Crippen LogP contribution in [0.5, 0.6) is 5.75 Å². The van der Waals surface area contributed by atoms with Gasteiger partial charge in [-0.05, 0) is 48.9 Å². The van der Waals surface area contributed by atoms with Crippen LogP contribution < -0.4 is 10.1 Å². The predicted molar refractivity (Wildman–Crippen MR) is 97.1 cm³/mol. The summed E-state index contributed by atoms with van der Waals surface area (Å²) in [5.74, 6) is -2.26. The first kappa shape index (κ1) is 19.5. The molecule has 2 N–H and O–H groups in total. The van der Waals surface area contributed by atoms with Crippen LogP contribution in [0.1, 0.15) is 22.8 Å². The van der Waals surface area contributed by atoms with E-state index in [1.54, 1.807) is 24.3 Å². The van der Waals surface area contributed by atoms with Gasteiger partial charge in [0.15, 0.2) is 9.84 Å². The molecule has 0 aliphatic heterocycles. The molecule has 26 heavy (non-hydrogen) atoms. The van der Waals surface area contributed by atoms with Crippen molar-refractivity contribution in [2.24, 2.45) is 0 Å². The molecule has 0 aliphatic rings. The lowest BCUT2D eigenvalue weighted by atomic mass is 10.1. The first-order chi connectivity index (χ1) is 12.3. The van der Waals surface area contributed by atoms with Crippen LogP contribution in [0, 0.1) is 0 Å². The Morgan fingerprint density at radius 1 is 1.12 bits per heavy atom. The standard InChI is InChI=1S/C18H19NO6S/c1-2-25-16-8-6-15(7-9-16)19-17(20)12-26(23,24)11-13-4-3-5-14(10-13)18(21)22/h3-10H,2,11-12H2,1H3,(H,19,20)(H,21,22). The summed E-state index contributed by atoms with van der Waals surface area (Å²) in [6.45, 7) is 2.37. The molecule has 0 spiro atoms. The molecule has 0 heterocycles. The summed E-state index contributed by atoms with van der Waals surface area (Å²) in [5.41, 5.74) is 0.775. The number of amides is 1. The van der Waals surface area contributed by atoms with Crippen molar-refractivity contribution in [3.63, 3.8) is 0 Å². The number of nitrogens with one attached hydrogen (secondary N) is 1. The van der Waals surface area contributed by atoms with Crippen molar-refractivity contribution in [3.8, 4) is 5.75 Å². The zero-order chi connectivity index (χ0) is 19.2. The molecule has 0 radical (unpaired) electrons. The molecular formula is C18H19NO6S. The van der Waals surface area contributed by atoms with Gasteiger partial charge in [0, 0.05) is 5.69 Å². The number of hydrogen-bond acceptors (Lipinski definition) is 5. The molecule has 0 fully saturated rings. The second-order valence-electron chi connectivity index (χ2n) is 5.54. The number of rotatable bonds is 8. The summed E-state index contributed by atoms with van der Waals surface area (Å²) in [6, 6.07) is 12.2. The van der Waals surface area contributed by atoms with Crippen LogP contribution >= 0.6 is 0 Å². The fraction of sp³-hybridized carbons (Fsp3) is 0.222. The smallest absolute Gasteiger partial charge is 0.335 e. The minimum Gasteiger partial charge on any atom is -0.494 e. The topological polar surface area (TPSA) is 110 Å². The molecular weight excluding hydrogens is 358 g/mol. The quantitative estimate of drug-likeness (QED) is 0.731. The summed E-state index contributed by atoms with van der Waals surface area (Å²) >= 11 is 0. The number of carbonyl (C=O) groups excluding carboxylic acids is 1. The summed E-state index contributed by atoms with van der Waals surface area (Å²) in [6.07, 6.45) is 0. The fourth-order valence-corrected chi connectivity index (χ4v) is 3.56. The van der Waals surface area contributed by atoms with Crippen molar-refractivity contribution < 1.29 is 27.9 Å². The number of carbonyl (C=O) groups is 2. The number of ether oxygens (including phenoxy) is 1. The first-order valence-electron chi connectivity index (χ1n) is 7.84. The predicted octanol–water partition coefficient (Wildman–Crippen LogP) is 2.34. The minimum absolute atomic E-state index is 0.00320. The van der Waals surface area contributed by atoms with Crippen molar-refractivity contribution in [2.45, 2.75) is 12.7 Å². The highest BCUT2D eigenvalue weighted by atomic mass is 32.2. The molecule has 0 saturated heterocycles. The largest absolute Gasteiger partial charge is 0.494 e. The summed E-state index contributed by atoms with van der Waals surface area (Å²) in [5, 5.41) is 11.5. The monoisotopic (exact) mass is 377 g/mol. The van der Waals surface area contributed by atoms with Crippen LogP contribution in [0.25, 0.3) is 0 Å². The lowest BCUT2D eigenvalue weighted by Crippen LogP contribution is -2.24. The van der Waals surface area contributed by atoms with Crippen LogP contribution in [0.15, 0.2) is 48.5 Å². The van der Waals surface area contributed by atoms with Gasteiger partial charge in [-0.3, -0.25) is 4.79 Å². The number of aromatic carboxylic acids is 1. The molecule has 2 aromatic rings. The molecule has 2 aromatic carbocycles. The summed E-state index contributed by atoms with van der Waals surface area (Å²) in [4.78, 5) is 22.9. The van der Waals surface area contributed by atoms with E-state index in [1.165, 1.54) is 24.3 Å². The van der Waals surface area contributed by atoms with Crippen molar-refractivity contribution in [2.75, 3.05) is 17.7 Å². The average Bonchev–Trinajstić information content (AvgIpc) is 2.56. The molecule has 0 aromatic heterocycles. The van der Waals surface area contributed by atoms with E-state index in [2.05, 4.69) is 5.32 Å². The molecule has 8 heteroatoms. The third-order valence-corrected chi connectivity index (χ3v) is 4.84. The van der Waals surface area contributed by atoms with Gasteiger partial charge in [0.05, 0.1) is 17.9 Å². The van der Waals surface area contributed by atoms with Crippen LogP contribution in [-0.4, -0.2) is 37.8 Å². The molecule has 0 atom stereocenters. The van der Waals surface area contributed by atoms with E-state index in [1.807, 2.05) is 6.92 Å². The fourth-order valence-electron chi connectivity index (χ4n) is 2.30. The Morgan fingerprint density at radius 2 is 1.81 bits per heavy atom. The van der Waals surface area contributed by atoms with Crippen LogP contribution in [-0.2, 0) is 20.4 Å². The van der Waals surface area contributed by atoms with Crippen LogP contribution in [0.3, 0.4) is 0 Å². The number of hydrogen-bond donors (Lipinski definition) is 2. The minimum atomic E-state index is -3.74. The highest BCUT2D eigenvalue weighted by molar-refractivity contribution is 7.91. The van der Waals surface area contributed by atoms with E-state index in [4.69, 9.17) is 9.84 Å². The second kappa shape index (κ2) is 8.48. The van der Waals surface area contributed by atoms with Gasteiger partial charge < -0.3 is 15.2 Å². The van der Waals surface area contributed by atoms with Gasteiger partial charge in [-0.2, -0.15) is 0 Å². The van der Waals surface area contributed by atoms with Gasteiger partial charge in [0.25, 0.3) is 0 Å². The molecule has 0 bridgehead atoms. The molecule has 138 valence electrons. The molecule has 2 rings (SSSR count). The molecule has 0 saturated carbocycles. The third-order valence-electron chi connectivity index (χ3n) is 3.36. The SMILES string of the molecule is CCOc1ccc(NC(=O)CS(=O)(=O)Cc2cccc(C(=O)O)c2)cc1. The molecule has 7 nitrogen and oxygen atoms in total. The Balaban J connectivity index is 1.98. The normalized spacial score (nSPS) is 11.0. The van der Waals surface area contributed by atoms with E-state index < -0.39 is 33.2 Å². The van der Waals surface area contributed by atoms with Crippen molar-refractivity contribution >= 4 is 27.4 Å². The lowest BCUT2D eigenvalue weighted by Gasteiger charge is -2.08. The maximum Gasteiger partial charge on any atom is 0.335 e. The number of anilines is 1. The zero-order valence-corrected chi connectivity index (χ0v) is 15.0.